The molecule has 2 N–H and O–H groups in total. The summed E-state index contributed by atoms with van der Waals surface area (Å²) in [7, 11) is 1.64. The van der Waals surface area contributed by atoms with Crippen molar-refractivity contribution in [1.29, 1.82) is 0 Å². The lowest BCUT2D eigenvalue weighted by Gasteiger charge is -2.42. The van der Waals surface area contributed by atoms with Crippen LogP contribution in [0.25, 0.3) is 10.9 Å². The summed E-state index contributed by atoms with van der Waals surface area (Å²) in [6.45, 7) is 1.71. The third kappa shape index (κ3) is 5.93. The van der Waals surface area contributed by atoms with Gasteiger partial charge in [-0.3, -0.25) is 4.98 Å². The molecular formula is C28H33ClF2N2O2. The topological polar surface area (TPSA) is 54.4 Å². The number of nitrogens with zero attached hydrogens (tertiary/aromatic N) is 1. The Bertz CT molecular complexity index is 1130. The van der Waals surface area contributed by atoms with Crippen LogP contribution in [0.4, 0.5) is 8.78 Å². The number of aromatic nitrogens is 1. The molecule has 1 aromatic heterocycles. The van der Waals surface area contributed by atoms with Crippen molar-refractivity contribution in [2.75, 3.05) is 20.2 Å². The number of methoxy groups -OCH3 is 1. The van der Waals surface area contributed by atoms with Gasteiger partial charge in [-0.15, -0.1) is 0 Å². The molecule has 1 aliphatic rings. The molecule has 1 aliphatic heterocycles. The number of hydrogen-bond acceptors (Lipinski definition) is 4. The Hall–Kier alpha value is -2.28. The minimum Gasteiger partial charge on any atom is -0.497 e. The Morgan fingerprint density at radius 2 is 1.80 bits per heavy atom. The number of benzene rings is 2. The average molecular weight is 503 g/mol. The molecule has 0 amide bonds. The average Bonchev–Trinajstić information content (AvgIpc) is 2.87. The lowest BCUT2D eigenvalue weighted by molar-refractivity contribution is -0.0132. The first-order valence-corrected chi connectivity index (χ1v) is 12.7. The molecule has 0 saturated carbocycles. The molecule has 35 heavy (non-hydrogen) atoms. The highest BCUT2D eigenvalue weighted by Crippen LogP contribution is 2.41. The number of piperidine rings is 1. The number of pyridine rings is 1. The molecule has 1 atom stereocenters. The number of aliphatic hydroxyl groups excluding tert-OH is 1. The lowest BCUT2D eigenvalue weighted by Crippen LogP contribution is -2.44. The molecule has 188 valence electrons. The molecule has 0 radical (unpaired) electrons. The van der Waals surface area contributed by atoms with Gasteiger partial charge >= 0.3 is 0 Å². The van der Waals surface area contributed by atoms with Crippen LogP contribution in [-0.2, 0) is 12.8 Å². The van der Waals surface area contributed by atoms with Crippen LogP contribution in [-0.4, -0.2) is 36.4 Å². The second-order valence-electron chi connectivity index (χ2n) is 9.54. The van der Waals surface area contributed by atoms with E-state index < -0.39 is 17.7 Å². The smallest absolute Gasteiger partial charge is 0.129 e. The van der Waals surface area contributed by atoms with Gasteiger partial charge < -0.3 is 15.2 Å². The number of aryl methyl sites for hydroxylation is 1. The number of halogens is 3. The molecule has 2 heterocycles. The van der Waals surface area contributed by atoms with Crippen molar-refractivity contribution in [2.45, 2.75) is 57.5 Å². The number of aliphatic hydroxyl groups is 1. The zero-order chi connectivity index (χ0) is 24.8. The van der Waals surface area contributed by atoms with E-state index >= 15 is 0 Å². The summed E-state index contributed by atoms with van der Waals surface area (Å²) >= 11 is 6.55. The summed E-state index contributed by atoms with van der Waals surface area (Å²) in [5.41, 5.74) is 1.81. The van der Waals surface area contributed by atoms with E-state index in [1.165, 1.54) is 18.2 Å². The summed E-state index contributed by atoms with van der Waals surface area (Å²) < 4.78 is 33.4. The van der Waals surface area contributed by atoms with Crippen molar-refractivity contribution < 1.29 is 18.6 Å². The van der Waals surface area contributed by atoms with Crippen molar-refractivity contribution in [3.63, 3.8) is 0 Å². The highest BCUT2D eigenvalue weighted by atomic mass is 35.5. The van der Waals surface area contributed by atoms with Crippen molar-refractivity contribution in [3.8, 4) is 5.75 Å². The fourth-order valence-electron chi connectivity index (χ4n) is 5.42. The Labute approximate surface area is 210 Å². The van der Waals surface area contributed by atoms with E-state index in [9.17, 15) is 13.9 Å². The van der Waals surface area contributed by atoms with E-state index in [2.05, 4.69) is 10.3 Å². The maximum absolute atomic E-state index is 14.0. The van der Waals surface area contributed by atoms with Crippen LogP contribution in [0.5, 0.6) is 5.75 Å². The Morgan fingerprint density at radius 3 is 2.51 bits per heavy atom. The molecule has 0 bridgehead atoms. The van der Waals surface area contributed by atoms with Crippen molar-refractivity contribution in [2.24, 2.45) is 5.41 Å². The van der Waals surface area contributed by atoms with Gasteiger partial charge in [0.25, 0.3) is 0 Å². The van der Waals surface area contributed by atoms with Gasteiger partial charge in [-0.1, -0.05) is 17.7 Å². The Kier molecular flexibility index (Phi) is 8.58. The molecule has 4 rings (SSSR count). The monoisotopic (exact) mass is 502 g/mol. The summed E-state index contributed by atoms with van der Waals surface area (Å²) in [5.74, 6) is -0.275. The fourth-order valence-corrected chi connectivity index (χ4v) is 5.67. The molecule has 2 aromatic carbocycles. The maximum atomic E-state index is 14.0. The van der Waals surface area contributed by atoms with Gasteiger partial charge in [0.1, 0.15) is 17.4 Å². The molecule has 1 saturated heterocycles. The predicted octanol–water partition coefficient (Wildman–Crippen LogP) is 6.25. The third-order valence-corrected chi connectivity index (χ3v) is 7.83. The van der Waals surface area contributed by atoms with E-state index in [4.69, 9.17) is 16.3 Å². The van der Waals surface area contributed by atoms with Crippen LogP contribution in [0.1, 0.15) is 49.7 Å². The SMILES string of the molecule is COc1ccc2ncc(Cl)c(CCCC3(C(O)CCCc4c(F)cccc4F)CCNCC3)c2c1. The summed E-state index contributed by atoms with van der Waals surface area (Å²) in [5, 5.41) is 16.3. The van der Waals surface area contributed by atoms with Crippen LogP contribution < -0.4 is 10.1 Å². The summed E-state index contributed by atoms with van der Waals surface area (Å²) in [6.07, 6.45) is 6.76. The normalized spacial score (nSPS) is 16.4. The number of fused-ring (bicyclic) bond motifs is 1. The third-order valence-electron chi connectivity index (χ3n) is 7.51. The molecule has 7 heteroatoms. The van der Waals surface area contributed by atoms with Crippen LogP contribution in [0.2, 0.25) is 5.02 Å². The molecule has 4 nitrogen and oxygen atoms in total. The van der Waals surface area contributed by atoms with Crippen LogP contribution in [0.15, 0.2) is 42.6 Å². The van der Waals surface area contributed by atoms with Crippen LogP contribution in [0, 0.1) is 17.0 Å². The van der Waals surface area contributed by atoms with E-state index in [0.717, 1.165) is 67.4 Å². The first kappa shape index (κ1) is 25.8. The van der Waals surface area contributed by atoms with Gasteiger partial charge in [0, 0.05) is 17.1 Å². The molecule has 3 aromatic rings. The zero-order valence-corrected chi connectivity index (χ0v) is 20.9. The summed E-state index contributed by atoms with van der Waals surface area (Å²) in [4.78, 5) is 4.44. The Morgan fingerprint density at radius 1 is 1.09 bits per heavy atom. The second-order valence-corrected chi connectivity index (χ2v) is 9.95. The van der Waals surface area contributed by atoms with Gasteiger partial charge in [0.15, 0.2) is 0 Å². The highest BCUT2D eigenvalue weighted by molar-refractivity contribution is 6.32. The lowest BCUT2D eigenvalue weighted by atomic mass is 9.69. The first-order valence-electron chi connectivity index (χ1n) is 12.4. The van der Waals surface area contributed by atoms with Gasteiger partial charge in [0.2, 0.25) is 0 Å². The second kappa shape index (κ2) is 11.6. The van der Waals surface area contributed by atoms with Gasteiger partial charge in [-0.25, -0.2) is 8.78 Å². The van der Waals surface area contributed by atoms with E-state index in [0.29, 0.717) is 17.9 Å². The molecule has 1 unspecified atom stereocenters. The number of rotatable bonds is 10. The maximum Gasteiger partial charge on any atom is 0.129 e. The van der Waals surface area contributed by atoms with Gasteiger partial charge in [0.05, 0.1) is 23.8 Å². The molecule has 1 fully saturated rings. The summed E-state index contributed by atoms with van der Waals surface area (Å²) in [6, 6.07) is 9.74. The highest BCUT2D eigenvalue weighted by Gasteiger charge is 2.38. The Balaban J connectivity index is 1.43. The van der Waals surface area contributed by atoms with Crippen LogP contribution in [0.3, 0.4) is 0 Å². The number of hydrogen-bond donors (Lipinski definition) is 2. The first-order chi connectivity index (χ1) is 16.9. The quantitative estimate of drug-likeness (QED) is 0.344. The number of nitrogens with one attached hydrogen (secondary N) is 1. The van der Waals surface area contributed by atoms with Gasteiger partial charge in [-0.2, -0.15) is 0 Å². The molecule has 0 aliphatic carbocycles. The standard InChI is InChI=1S/C28H33ClF2N2O2/c1-35-19-10-11-26-22(17-19)20(23(29)18-33-26)6-4-12-28(13-15-32-16-14-28)27(34)9-2-5-21-24(30)7-3-8-25(21)31/h3,7-8,10-11,17-18,27,32,34H,2,4-6,9,12-16H2,1H3. The van der Waals surface area contributed by atoms with E-state index in [1.54, 1.807) is 13.3 Å². The molecule has 0 spiro atoms. The van der Waals surface area contributed by atoms with E-state index in [-0.39, 0.29) is 17.4 Å². The van der Waals surface area contributed by atoms with E-state index in [1.807, 2.05) is 18.2 Å². The van der Waals surface area contributed by atoms with Crippen molar-refractivity contribution in [1.82, 2.24) is 10.3 Å². The van der Waals surface area contributed by atoms with Crippen LogP contribution >= 0.6 is 11.6 Å². The van der Waals surface area contributed by atoms with Crippen molar-refractivity contribution >= 4 is 22.5 Å². The minimum absolute atomic E-state index is 0.105. The van der Waals surface area contributed by atoms with Crippen molar-refractivity contribution in [3.05, 3.63) is 70.4 Å². The predicted molar refractivity (Wildman–Crippen MR) is 136 cm³/mol. The molecular weight excluding hydrogens is 470 g/mol. The fraction of sp³-hybridized carbons (Fsp3) is 0.464. The zero-order valence-electron chi connectivity index (χ0n) is 20.1. The minimum atomic E-state index is -0.524. The largest absolute Gasteiger partial charge is 0.497 e. The number of ether oxygens (including phenoxy) is 1. The van der Waals surface area contributed by atoms with Gasteiger partial charge in [-0.05, 0) is 106 Å².